The van der Waals surface area contributed by atoms with Gasteiger partial charge in [-0.1, -0.05) is 6.07 Å². The Labute approximate surface area is 110 Å². The molecule has 1 aromatic heterocycles. The molecule has 4 heteroatoms. The predicted molar refractivity (Wildman–Crippen MR) is 71.1 cm³/mol. The van der Waals surface area contributed by atoms with Gasteiger partial charge in [-0.3, -0.25) is 4.98 Å². The quantitative estimate of drug-likeness (QED) is 0.842. The van der Waals surface area contributed by atoms with Gasteiger partial charge in [-0.15, -0.1) is 11.8 Å². The highest BCUT2D eigenvalue weighted by Gasteiger charge is 2.06. The van der Waals surface area contributed by atoms with Crippen LogP contribution in [-0.2, 0) is 6.42 Å². The first-order valence-corrected chi connectivity index (χ1v) is 6.68. The zero-order valence-electron chi connectivity index (χ0n) is 9.79. The lowest BCUT2D eigenvalue weighted by Gasteiger charge is -2.10. The summed E-state index contributed by atoms with van der Waals surface area (Å²) in [5, 5.41) is 9.90. The topological polar surface area (TPSA) is 33.1 Å². The summed E-state index contributed by atoms with van der Waals surface area (Å²) in [6, 6.07) is 10.2. The van der Waals surface area contributed by atoms with E-state index in [-0.39, 0.29) is 5.82 Å². The van der Waals surface area contributed by atoms with Crippen molar-refractivity contribution in [2.45, 2.75) is 17.4 Å². The highest BCUT2D eigenvalue weighted by Crippen LogP contribution is 2.20. The summed E-state index contributed by atoms with van der Waals surface area (Å²) in [7, 11) is 0. The van der Waals surface area contributed by atoms with E-state index in [0.717, 1.165) is 10.5 Å². The van der Waals surface area contributed by atoms with Crippen LogP contribution in [0, 0.1) is 5.82 Å². The lowest BCUT2D eigenvalue weighted by Crippen LogP contribution is -2.13. The second-order valence-corrected chi connectivity index (χ2v) is 5.08. The van der Waals surface area contributed by atoms with Crippen molar-refractivity contribution in [1.29, 1.82) is 0 Å². The maximum absolute atomic E-state index is 13.0. The van der Waals surface area contributed by atoms with Gasteiger partial charge >= 0.3 is 0 Å². The van der Waals surface area contributed by atoms with E-state index < -0.39 is 6.10 Å². The van der Waals surface area contributed by atoms with Crippen molar-refractivity contribution in [3.8, 4) is 0 Å². The number of aliphatic hydroxyl groups is 1. The predicted octanol–water partition coefficient (Wildman–Crippen LogP) is 2.92. The molecule has 94 valence electrons. The molecule has 0 saturated carbocycles. The van der Waals surface area contributed by atoms with Crippen LogP contribution in [0.4, 0.5) is 4.39 Å². The molecule has 0 aliphatic rings. The first-order valence-electron chi connectivity index (χ1n) is 5.69. The largest absolute Gasteiger partial charge is 0.392 e. The first-order chi connectivity index (χ1) is 8.74. The second kappa shape index (κ2) is 6.52. The molecule has 2 aromatic rings. The first kappa shape index (κ1) is 13.1. The third-order valence-corrected chi connectivity index (χ3v) is 3.60. The van der Waals surface area contributed by atoms with Crippen molar-refractivity contribution in [1.82, 2.24) is 4.98 Å². The lowest BCUT2D eigenvalue weighted by molar-refractivity contribution is 0.200. The van der Waals surface area contributed by atoms with Crippen LogP contribution in [0.5, 0.6) is 0 Å². The molecule has 0 bridgehead atoms. The molecule has 1 aromatic carbocycles. The highest BCUT2D eigenvalue weighted by atomic mass is 32.2. The molecule has 0 fully saturated rings. The van der Waals surface area contributed by atoms with Crippen LogP contribution in [0.15, 0.2) is 53.7 Å². The molecule has 0 aliphatic carbocycles. The molecule has 1 N–H and O–H groups in total. The molecule has 0 radical (unpaired) electrons. The van der Waals surface area contributed by atoms with Gasteiger partial charge < -0.3 is 5.11 Å². The fourth-order valence-corrected chi connectivity index (χ4v) is 2.47. The summed E-state index contributed by atoms with van der Waals surface area (Å²) in [6.07, 6.45) is 3.56. The standard InChI is InChI=1S/C14H14FNOS/c15-12-2-1-3-14(9-12)18-10-13(17)8-11-4-6-16-7-5-11/h1-7,9,13,17H,8,10H2. The smallest absolute Gasteiger partial charge is 0.124 e. The number of halogens is 1. The van der Waals surface area contributed by atoms with Gasteiger partial charge in [0.1, 0.15) is 5.82 Å². The van der Waals surface area contributed by atoms with Crippen LogP contribution < -0.4 is 0 Å². The summed E-state index contributed by atoms with van der Waals surface area (Å²) in [5.74, 6) is 0.301. The second-order valence-electron chi connectivity index (χ2n) is 3.98. The molecular formula is C14H14FNOS. The molecule has 18 heavy (non-hydrogen) atoms. The van der Waals surface area contributed by atoms with E-state index in [9.17, 15) is 9.50 Å². The molecule has 0 aliphatic heterocycles. The number of hydrogen-bond acceptors (Lipinski definition) is 3. The Morgan fingerprint density at radius 1 is 1.22 bits per heavy atom. The Bertz CT molecular complexity index is 492. The molecule has 0 spiro atoms. The fraction of sp³-hybridized carbons (Fsp3) is 0.214. The zero-order chi connectivity index (χ0) is 12.8. The van der Waals surface area contributed by atoms with Gasteiger partial charge in [0, 0.05) is 23.0 Å². The van der Waals surface area contributed by atoms with Gasteiger partial charge in [0.05, 0.1) is 6.10 Å². The molecule has 0 amide bonds. The van der Waals surface area contributed by atoms with Crippen LogP contribution in [0.2, 0.25) is 0 Å². The van der Waals surface area contributed by atoms with E-state index in [1.54, 1.807) is 18.5 Å². The fourth-order valence-electron chi connectivity index (χ4n) is 1.60. The summed E-state index contributed by atoms with van der Waals surface area (Å²) in [4.78, 5) is 4.76. The number of pyridine rings is 1. The number of aliphatic hydroxyl groups excluding tert-OH is 1. The van der Waals surface area contributed by atoms with Crippen molar-refractivity contribution >= 4 is 11.8 Å². The normalized spacial score (nSPS) is 12.3. The molecule has 2 rings (SSSR count). The van der Waals surface area contributed by atoms with E-state index in [4.69, 9.17) is 0 Å². The maximum Gasteiger partial charge on any atom is 0.124 e. The third-order valence-electron chi connectivity index (χ3n) is 2.46. The Morgan fingerprint density at radius 2 is 2.00 bits per heavy atom. The van der Waals surface area contributed by atoms with Crippen molar-refractivity contribution in [2.24, 2.45) is 0 Å². The molecule has 0 saturated heterocycles. The molecule has 1 heterocycles. The minimum Gasteiger partial charge on any atom is -0.392 e. The molecule has 1 atom stereocenters. The van der Waals surface area contributed by atoms with Gasteiger partial charge in [0.15, 0.2) is 0 Å². The Balaban J connectivity index is 1.83. The van der Waals surface area contributed by atoms with Crippen LogP contribution in [0.1, 0.15) is 5.56 Å². The minimum atomic E-state index is -0.444. The number of hydrogen-bond donors (Lipinski definition) is 1. The number of nitrogens with zero attached hydrogens (tertiary/aromatic N) is 1. The summed E-state index contributed by atoms with van der Waals surface area (Å²) in [5.41, 5.74) is 1.05. The third kappa shape index (κ3) is 4.13. The van der Waals surface area contributed by atoms with E-state index in [2.05, 4.69) is 4.98 Å². The van der Waals surface area contributed by atoms with Crippen LogP contribution in [0.3, 0.4) is 0 Å². The molecular weight excluding hydrogens is 249 g/mol. The van der Waals surface area contributed by atoms with Gasteiger partial charge in [0.25, 0.3) is 0 Å². The summed E-state index contributed by atoms with van der Waals surface area (Å²) < 4.78 is 13.0. The molecule has 1 unspecified atom stereocenters. The monoisotopic (exact) mass is 263 g/mol. The average molecular weight is 263 g/mol. The summed E-state index contributed by atoms with van der Waals surface area (Å²) >= 11 is 1.46. The van der Waals surface area contributed by atoms with Crippen LogP contribution >= 0.6 is 11.8 Å². The maximum atomic E-state index is 13.0. The number of benzene rings is 1. The van der Waals surface area contributed by atoms with Crippen molar-refractivity contribution in [3.05, 3.63) is 60.2 Å². The van der Waals surface area contributed by atoms with Crippen LogP contribution in [-0.4, -0.2) is 21.9 Å². The number of rotatable bonds is 5. The van der Waals surface area contributed by atoms with E-state index in [1.807, 2.05) is 18.2 Å². The minimum absolute atomic E-state index is 0.247. The number of thioether (sulfide) groups is 1. The number of aromatic nitrogens is 1. The van der Waals surface area contributed by atoms with Crippen LogP contribution in [0.25, 0.3) is 0 Å². The van der Waals surface area contributed by atoms with E-state index >= 15 is 0 Å². The van der Waals surface area contributed by atoms with Gasteiger partial charge in [0.2, 0.25) is 0 Å². The van der Waals surface area contributed by atoms with Gasteiger partial charge in [-0.2, -0.15) is 0 Å². The average Bonchev–Trinajstić information content (AvgIpc) is 2.38. The molecule has 2 nitrogen and oxygen atoms in total. The lowest BCUT2D eigenvalue weighted by atomic mass is 10.1. The zero-order valence-corrected chi connectivity index (χ0v) is 10.6. The highest BCUT2D eigenvalue weighted by molar-refractivity contribution is 7.99. The van der Waals surface area contributed by atoms with Gasteiger partial charge in [-0.05, 0) is 42.3 Å². The summed E-state index contributed by atoms with van der Waals surface area (Å²) in [6.45, 7) is 0. The van der Waals surface area contributed by atoms with Crippen molar-refractivity contribution in [3.63, 3.8) is 0 Å². The van der Waals surface area contributed by atoms with Crippen molar-refractivity contribution < 1.29 is 9.50 Å². The van der Waals surface area contributed by atoms with E-state index in [1.165, 1.54) is 23.9 Å². The Hall–Kier alpha value is -1.39. The SMILES string of the molecule is OC(CSc1cccc(F)c1)Cc1ccncc1. The Morgan fingerprint density at radius 3 is 2.72 bits per heavy atom. The van der Waals surface area contributed by atoms with E-state index in [0.29, 0.717) is 12.2 Å². The van der Waals surface area contributed by atoms with Crippen molar-refractivity contribution in [2.75, 3.05) is 5.75 Å². The Kier molecular flexibility index (Phi) is 4.73. The van der Waals surface area contributed by atoms with Gasteiger partial charge in [-0.25, -0.2) is 4.39 Å².